The van der Waals surface area contributed by atoms with E-state index in [0.717, 1.165) is 0 Å². The van der Waals surface area contributed by atoms with Gasteiger partial charge < -0.3 is 0 Å². The zero-order valence-corrected chi connectivity index (χ0v) is 6.79. The Kier molecular flexibility index (Phi) is 0.998. The molecule has 0 aromatic heterocycles. The lowest BCUT2D eigenvalue weighted by molar-refractivity contribution is 0.652. The van der Waals surface area contributed by atoms with Crippen LogP contribution in [0.15, 0.2) is 0 Å². The van der Waals surface area contributed by atoms with E-state index in [2.05, 4.69) is 44.8 Å². The van der Waals surface area contributed by atoms with Crippen molar-refractivity contribution < 1.29 is 0 Å². The van der Waals surface area contributed by atoms with Gasteiger partial charge in [-0.3, -0.25) is 0 Å². The van der Waals surface area contributed by atoms with Crippen LogP contribution in [-0.4, -0.2) is 15.4 Å². The molecule has 0 atom stereocenters. The zero-order valence-electron chi connectivity index (χ0n) is 5.89. The van der Waals surface area contributed by atoms with E-state index in [1.54, 1.807) is 0 Å². The van der Waals surface area contributed by atoms with Crippen LogP contribution in [0.1, 0.15) is 27.7 Å². The summed E-state index contributed by atoms with van der Waals surface area (Å²) in [5.41, 5.74) is 0.603. The largest absolute Gasteiger partial charge is 0.238 e. The molecule has 1 aliphatic heterocycles. The predicted octanol–water partition coefficient (Wildman–Crippen LogP) is 1.70. The number of hydrogen-bond donors (Lipinski definition) is 1. The van der Waals surface area contributed by atoms with Crippen molar-refractivity contribution in [1.29, 1.82) is 0 Å². The highest BCUT2D eigenvalue weighted by Crippen LogP contribution is 2.51. The lowest BCUT2D eigenvalue weighted by Gasteiger charge is -1.98. The van der Waals surface area contributed by atoms with Crippen LogP contribution in [0.2, 0.25) is 0 Å². The van der Waals surface area contributed by atoms with Gasteiger partial charge in [0.15, 0.2) is 0 Å². The van der Waals surface area contributed by atoms with Gasteiger partial charge in [-0.25, -0.2) is 4.31 Å². The Morgan fingerprint density at radius 3 is 1.12 bits per heavy atom. The van der Waals surface area contributed by atoms with Gasteiger partial charge in [0.2, 0.25) is 0 Å². The van der Waals surface area contributed by atoms with E-state index >= 15 is 0 Å². The molecular weight excluding hydrogens is 118 g/mol. The third-order valence-electron chi connectivity index (χ3n) is 2.51. The Hall–Kier alpha value is 0.310. The summed E-state index contributed by atoms with van der Waals surface area (Å²) in [5.74, 6) is 0. The maximum absolute atomic E-state index is 4.27. The van der Waals surface area contributed by atoms with Crippen LogP contribution in [-0.2, 0) is 0 Å². The van der Waals surface area contributed by atoms with Crippen molar-refractivity contribution >= 4 is 12.8 Å². The molecule has 0 aromatic carbocycles. The molecule has 0 N–H and O–H groups in total. The van der Waals surface area contributed by atoms with Crippen molar-refractivity contribution in [3.8, 4) is 0 Å². The van der Waals surface area contributed by atoms with E-state index in [-0.39, 0.29) is 0 Å². The van der Waals surface area contributed by atoms with E-state index in [9.17, 15) is 0 Å². The fraction of sp³-hybridized carbons (Fsp3) is 1.00. The molecule has 0 saturated carbocycles. The Bertz CT molecular complexity index is 104. The molecular formula is C6H13NS. The van der Waals surface area contributed by atoms with Gasteiger partial charge in [-0.15, -0.1) is 0 Å². The molecule has 1 fully saturated rings. The summed E-state index contributed by atoms with van der Waals surface area (Å²) in [4.78, 5) is 0. The smallest absolute Gasteiger partial charge is 0.0448 e. The first kappa shape index (κ1) is 6.43. The second-order valence-corrected chi connectivity index (χ2v) is 3.83. The second-order valence-electron chi connectivity index (χ2n) is 3.43. The van der Waals surface area contributed by atoms with Crippen molar-refractivity contribution in [3.05, 3.63) is 0 Å². The molecule has 8 heavy (non-hydrogen) atoms. The van der Waals surface area contributed by atoms with Crippen molar-refractivity contribution in [2.24, 2.45) is 0 Å². The van der Waals surface area contributed by atoms with Gasteiger partial charge in [-0.1, -0.05) is 12.8 Å². The van der Waals surface area contributed by atoms with Crippen LogP contribution in [0.25, 0.3) is 0 Å². The average Bonchev–Trinajstić information content (AvgIpc) is 1.88. The maximum Gasteiger partial charge on any atom is 0.0448 e. The molecule has 0 radical (unpaired) electrons. The van der Waals surface area contributed by atoms with Crippen molar-refractivity contribution in [3.63, 3.8) is 0 Å². The monoisotopic (exact) mass is 131 g/mol. The second kappa shape index (κ2) is 1.24. The Morgan fingerprint density at radius 1 is 1.00 bits per heavy atom. The highest BCUT2D eigenvalue weighted by Gasteiger charge is 2.61. The Morgan fingerprint density at radius 2 is 1.12 bits per heavy atom. The fourth-order valence-electron chi connectivity index (χ4n) is 0.893. The summed E-state index contributed by atoms with van der Waals surface area (Å²) in [5, 5.41) is 0. The van der Waals surface area contributed by atoms with E-state index in [0.29, 0.717) is 11.1 Å². The number of hydrogen-bond acceptors (Lipinski definition) is 2. The van der Waals surface area contributed by atoms with Gasteiger partial charge in [0.05, 0.1) is 0 Å². The highest BCUT2D eigenvalue weighted by atomic mass is 32.1. The molecule has 0 bridgehead atoms. The predicted molar refractivity (Wildman–Crippen MR) is 39.0 cm³/mol. The quantitative estimate of drug-likeness (QED) is 0.387. The summed E-state index contributed by atoms with van der Waals surface area (Å²) in [7, 11) is 0. The fourth-order valence-corrected chi connectivity index (χ4v) is 1.34. The molecule has 1 saturated heterocycles. The summed E-state index contributed by atoms with van der Waals surface area (Å²) < 4.78 is 2.07. The molecule has 0 spiro atoms. The van der Waals surface area contributed by atoms with Gasteiger partial charge in [-0.05, 0) is 27.7 Å². The molecule has 1 aliphatic rings. The van der Waals surface area contributed by atoms with E-state index in [1.807, 2.05) is 0 Å². The third-order valence-corrected chi connectivity index (χ3v) is 3.51. The molecule has 0 amide bonds. The summed E-state index contributed by atoms with van der Waals surface area (Å²) >= 11 is 4.27. The van der Waals surface area contributed by atoms with Gasteiger partial charge in [0.25, 0.3) is 0 Å². The first-order valence-corrected chi connectivity index (χ1v) is 3.30. The molecule has 48 valence electrons. The maximum atomic E-state index is 4.27. The van der Waals surface area contributed by atoms with Crippen molar-refractivity contribution in [2.45, 2.75) is 38.8 Å². The molecule has 0 unspecified atom stereocenters. The number of rotatable bonds is 0. The summed E-state index contributed by atoms with van der Waals surface area (Å²) in [6.45, 7) is 8.78. The lowest BCUT2D eigenvalue weighted by atomic mass is 10.0. The molecule has 1 heterocycles. The van der Waals surface area contributed by atoms with Crippen LogP contribution >= 0.6 is 12.8 Å². The normalized spacial score (nSPS) is 32.6. The van der Waals surface area contributed by atoms with Gasteiger partial charge in [-0.2, -0.15) is 0 Å². The van der Waals surface area contributed by atoms with Gasteiger partial charge >= 0.3 is 0 Å². The van der Waals surface area contributed by atoms with E-state index < -0.39 is 0 Å². The van der Waals surface area contributed by atoms with Gasteiger partial charge in [0, 0.05) is 11.1 Å². The van der Waals surface area contributed by atoms with Crippen LogP contribution in [0, 0.1) is 0 Å². The van der Waals surface area contributed by atoms with Gasteiger partial charge in [0.1, 0.15) is 0 Å². The number of thiol groups is 1. The standard InChI is InChI=1S/C6H13NS/c1-5(2)6(3,4)7(5)8/h8H,1-4H3. The Balaban J connectivity index is 2.72. The lowest BCUT2D eigenvalue weighted by Crippen LogP contribution is -2.10. The Labute approximate surface area is 56.6 Å². The zero-order chi connectivity index (χ0) is 6.58. The molecule has 1 nitrogen and oxygen atoms in total. The van der Waals surface area contributed by atoms with Crippen LogP contribution in [0.3, 0.4) is 0 Å². The third kappa shape index (κ3) is 0.477. The van der Waals surface area contributed by atoms with E-state index in [4.69, 9.17) is 0 Å². The molecule has 2 heteroatoms. The highest BCUT2D eigenvalue weighted by molar-refractivity contribution is 7.78. The first-order valence-electron chi connectivity index (χ1n) is 2.90. The van der Waals surface area contributed by atoms with Crippen LogP contribution in [0.4, 0.5) is 0 Å². The minimum Gasteiger partial charge on any atom is -0.238 e. The van der Waals surface area contributed by atoms with Crippen LogP contribution < -0.4 is 0 Å². The van der Waals surface area contributed by atoms with Crippen LogP contribution in [0.5, 0.6) is 0 Å². The van der Waals surface area contributed by atoms with Crippen molar-refractivity contribution in [1.82, 2.24) is 4.31 Å². The SMILES string of the molecule is CC1(C)N(S)C1(C)C. The topological polar surface area (TPSA) is 3.01 Å². The average molecular weight is 131 g/mol. The minimum absolute atomic E-state index is 0.302. The van der Waals surface area contributed by atoms with E-state index in [1.165, 1.54) is 0 Å². The summed E-state index contributed by atoms with van der Waals surface area (Å²) in [6, 6.07) is 0. The molecule has 0 aliphatic carbocycles. The first-order chi connectivity index (χ1) is 3.40. The van der Waals surface area contributed by atoms with Crippen molar-refractivity contribution in [2.75, 3.05) is 0 Å². The number of nitrogens with zero attached hydrogens (tertiary/aromatic N) is 1. The summed E-state index contributed by atoms with van der Waals surface area (Å²) in [6.07, 6.45) is 0. The minimum atomic E-state index is 0.302. The molecule has 1 rings (SSSR count). The molecule has 0 aromatic rings.